The molecule has 3 N–H and O–H groups in total. The van der Waals surface area contributed by atoms with Crippen LogP contribution < -0.4 is 16.0 Å². The van der Waals surface area contributed by atoms with Gasteiger partial charge in [0, 0.05) is 26.2 Å². The minimum Gasteiger partial charge on any atom is -0.385 e. The van der Waals surface area contributed by atoms with Crippen LogP contribution >= 0.6 is 0 Å². The van der Waals surface area contributed by atoms with Crippen LogP contribution in [-0.2, 0) is 19.1 Å². The van der Waals surface area contributed by atoms with Crippen molar-refractivity contribution in [1.82, 2.24) is 16.0 Å². The van der Waals surface area contributed by atoms with Gasteiger partial charge in [-0.1, -0.05) is 0 Å². The number of hydrogen-bond acceptors (Lipinski definition) is 5. The van der Waals surface area contributed by atoms with Crippen molar-refractivity contribution in [3.63, 3.8) is 0 Å². The quantitative estimate of drug-likeness (QED) is 0.430. The van der Waals surface area contributed by atoms with Gasteiger partial charge in [0.05, 0.1) is 0 Å². The molecule has 0 saturated carbocycles. The van der Waals surface area contributed by atoms with E-state index in [0.717, 1.165) is 13.1 Å². The Morgan fingerprint density at radius 2 is 1.89 bits per heavy atom. The maximum absolute atomic E-state index is 11.7. The molecule has 0 unspecified atom stereocenters. The molecule has 7 heteroatoms. The van der Waals surface area contributed by atoms with Crippen LogP contribution in [0.3, 0.4) is 0 Å². The molecule has 1 heterocycles. The first kappa shape index (κ1) is 15.6. The molecule has 0 atom stereocenters. The maximum Gasteiger partial charge on any atom is 0.315 e. The van der Waals surface area contributed by atoms with E-state index in [1.54, 1.807) is 7.11 Å². The van der Waals surface area contributed by atoms with Crippen LogP contribution in [0.2, 0.25) is 0 Å². The van der Waals surface area contributed by atoms with Crippen molar-refractivity contribution in [2.24, 2.45) is 5.92 Å². The molecule has 0 aliphatic carbocycles. The van der Waals surface area contributed by atoms with Gasteiger partial charge in [-0.3, -0.25) is 19.7 Å². The van der Waals surface area contributed by atoms with E-state index < -0.39 is 11.8 Å². The molecule has 0 aromatic rings. The van der Waals surface area contributed by atoms with Crippen LogP contribution in [0.4, 0.5) is 0 Å². The van der Waals surface area contributed by atoms with Crippen molar-refractivity contribution in [1.29, 1.82) is 0 Å². The number of methoxy groups -OCH3 is 1. The summed E-state index contributed by atoms with van der Waals surface area (Å²) in [4.78, 5) is 34.6. The van der Waals surface area contributed by atoms with Crippen LogP contribution in [0.25, 0.3) is 0 Å². The summed E-state index contributed by atoms with van der Waals surface area (Å²) >= 11 is 0. The summed E-state index contributed by atoms with van der Waals surface area (Å²) in [7, 11) is 1.56. The third-order valence-electron chi connectivity index (χ3n) is 2.96. The van der Waals surface area contributed by atoms with Crippen LogP contribution in [0, 0.1) is 5.92 Å². The number of carbonyl (C=O) groups is 3. The van der Waals surface area contributed by atoms with Crippen LogP contribution in [0.1, 0.15) is 19.3 Å². The summed E-state index contributed by atoms with van der Waals surface area (Å²) in [5.41, 5.74) is 0. The zero-order chi connectivity index (χ0) is 14.1. The molecule has 0 bridgehead atoms. The van der Waals surface area contributed by atoms with Gasteiger partial charge < -0.3 is 15.4 Å². The first-order valence-electron chi connectivity index (χ1n) is 6.48. The summed E-state index contributed by atoms with van der Waals surface area (Å²) in [6, 6.07) is 0. The van der Waals surface area contributed by atoms with Crippen molar-refractivity contribution >= 4 is 17.7 Å². The van der Waals surface area contributed by atoms with E-state index in [0.29, 0.717) is 32.4 Å². The standard InChI is InChI=1S/C12H21N3O4/c1-19-8-2-5-14-11(17)12(18)15-10(16)9-3-6-13-7-4-9/h9,13H,2-8H2,1H3,(H,14,17)(H,15,16,18). The number of ether oxygens (including phenoxy) is 1. The van der Waals surface area contributed by atoms with Gasteiger partial charge in [-0.2, -0.15) is 0 Å². The Labute approximate surface area is 112 Å². The Morgan fingerprint density at radius 1 is 1.21 bits per heavy atom. The van der Waals surface area contributed by atoms with E-state index in [-0.39, 0.29) is 11.8 Å². The summed E-state index contributed by atoms with van der Waals surface area (Å²) in [6.07, 6.45) is 2.00. The number of piperidine rings is 1. The first-order chi connectivity index (χ1) is 9.15. The van der Waals surface area contributed by atoms with Crippen LogP contribution in [0.5, 0.6) is 0 Å². The number of hydrogen-bond donors (Lipinski definition) is 3. The second kappa shape index (κ2) is 8.60. The molecule has 108 valence electrons. The van der Waals surface area contributed by atoms with Gasteiger partial charge in [-0.05, 0) is 32.4 Å². The van der Waals surface area contributed by atoms with Gasteiger partial charge in [0.2, 0.25) is 5.91 Å². The fourth-order valence-corrected chi connectivity index (χ4v) is 1.85. The molecule has 1 saturated heterocycles. The largest absolute Gasteiger partial charge is 0.385 e. The van der Waals surface area contributed by atoms with Gasteiger partial charge >= 0.3 is 11.8 Å². The summed E-state index contributed by atoms with van der Waals surface area (Å²) in [6.45, 7) is 2.38. The van der Waals surface area contributed by atoms with Gasteiger partial charge in [0.25, 0.3) is 0 Å². The SMILES string of the molecule is COCCCNC(=O)C(=O)NC(=O)C1CCNCC1. The highest BCUT2D eigenvalue weighted by molar-refractivity contribution is 6.37. The molecule has 7 nitrogen and oxygen atoms in total. The zero-order valence-corrected chi connectivity index (χ0v) is 11.2. The summed E-state index contributed by atoms with van der Waals surface area (Å²) in [5, 5.41) is 7.70. The Hall–Kier alpha value is -1.47. The van der Waals surface area contributed by atoms with E-state index in [4.69, 9.17) is 4.74 Å². The molecular formula is C12H21N3O4. The number of carbonyl (C=O) groups excluding carboxylic acids is 3. The maximum atomic E-state index is 11.7. The van der Waals surface area contributed by atoms with Crippen molar-refractivity contribution < 1.29 is 19.1 Å². The molecule has 0 spiro atoms. The van der Waals surface area contributed by atoms with Gasteiger partial charge in [-0.25, -0.2) is 0 Å². The monoisotopic (exact) mass is 271 g/mol. The molecule has 0 aromatic heterocycles. The minimum absolute atomic E-state index is 0.188. The van der Waals surface area contributed by atoms with E-state index in [2.05, 4.69) is 16.0 Å². The molecule has 1 rings (SSSR count). The van der Waals surface area contributed by atoms with Crippen molar-refractivity contribution in [3.05, 3.63) is 0 Å². The van der Waals surface area contributed by atoms with Crippen molar-refractivity contribution in [2.75, 3.05) is 33.4 Å². The van der Waals surface area contributed by atoms with Gasteiger partial charge in [0.15, 0.2) is 0 Å². The van der Waals surface area contributed by atoms with E-state index in [9.17, 15) is 14.4 Å². The average molecular weight is 271 g/mol. The highest BCUT2D eigenvalue weighted by Crippen LogP contribution is 2.10. The predicted molar refractivity (Wildman–Crippen MR) is 68.2 cm³/mol. The average Bonchev–Trinajstić information content (AvgIpc) is 2.44. The Balaban J connectivity index is 2.24. The lowest BCUT2D eigenvalue weighted by Crippen LogP contribution is -2.46. The smallest absolute Gasteiger partial charge is 0.315 e. The molecule has 3 amide bonds. The first-order valence-corrected chi connectivity index (χ1v) is 6.48. The van der Waals surface area contributed by atoms with Crippen molar-refractivity contribution in [2.45, 2.75) is 19.3 Å². The predicted octanol–water partition coefficient (Wildman–Crippen LogP) is -1.22. The lowest BCUT2D eigenvalue weighted by atomic mass is 9.97. The van der Waals surface area contributed by atoms with Gasteiger partial charge in [-0.15, -0.1) is 0 Å². The molecule has 0 radical (unpaired) electrons. The molecular weight excluding hydrogens is 250 g/mol. The number of imide groups is 1. The van der Waals surface area contributed by atoms with Crippen molar-refractivity contribution in [3.8, 4) is 0 Å². The lowest BCUT2D eigenvalue weighted by molar-refractivity contribution is -0.143. The third kappa shape index (κ3) is 5.80. The topological polar surface area (TPSA) is 96.5 Å². The van der Waals surface area contributed by atoms with Gasteiger partial charge in [0.1, 0.15) is 0 Å². The van der Waals surface area contributed by atoms with E-state index in [1.165, 1.54) is 0 Å². The summed E-state index contributed by atoms with van der Waals surface area (Å²) < 4.78 is 4.82. The second-order valence-electron chi connectivity index (χ2n) is 4.44. The van der Waals surface area contributed by atoms with E-state index in [1.807, 2.05) is 0 Å². The zero-order valence-electron chi connectivity index (χ0n) is 11.2. The number of amides is 3. The summed E-state index contributed by atoms with van der Waals surface area (Å²) in [5.74, 6) is -2.22. The Bertz CT molecular complexity index is 327. The highest BCUT2D eigenvalue weighted by Gasteiger charge is 2.24. The van der Waals surface area contributed by atoms with Crippen LogP contribution in [-0.4, -0.2) is 51.1 Å². The minimum atomic E-state index is -0.888. The third-order valence-corrected chi connectivity index (χ3v) is 2.96. The van der Waals surface area contributed by atoms with Crippen LogP contribution in [0.15, 0.2) is 0 Å². The molecule has 1 aliphatic rings. The molecule has 1 fully saturated rings. The fraction of sp³-hybridized carbons (Fsp3) is 0.750. The molecule has 1 aliphatic heterocycles. The normalized spacial score (nSPS) is 15.8. The Kier molecular flexibility index (Phi) is 7.06. The highest BCUT2D eigenvalue weighted by atomic mass is 16.5. The fourth-order valence-electron chi connectivity index (χ4n) is 1.85. The number of nitrogens with one attached hydrogen (secondary N) is 3. The lowest BCUT2D eigenvalue weighted by Gasteiger charge is -2.21. The van der Waals surface area contributed by atoms with E-state index >= 15 is 0 Å². The molecule has 19 heavy (non-hydrogen) atoms. The molecule has 0 aromatic carbocycles. The number of rotatable bonds is 5. The second-order valence-corrected chi connectivity index (χ2v) is 4.44. The Morgan fingerprint density at radius 3 is 2.53 bits per heavy atom.